The van der Waals surface area contributed by atoms with Crippen molar-refractivity contribution in [3.63, 3.8) is 0 Å². The van der Waals surface area contributed by atoms with E-state index in [4.69, 9.17) is 4.74 Å². The van der Waals surface area contributed by atoms with Gasteiger partial charge in [-0.3, -0.25) is 0 Å². The van der Waals surface area contributed by atoms with E-state index in [1.54, 1.807) is 6.20 Å². The first-order chi connectivity index (χ1) is 10.8. The molecule has 2 rings (SSSR count). The van der Waals surface area contributed by atoms with Gasteiger partial charge in [-0.25, -0.2) is 15.0 Å². The van der Waals surface area contributed by atoms with Crippen LogP contribution in [-0.4, -0.2) is 26.7 Å². The van der Waals surface area contributed by atoms with Gasteiger partial charge in [0.15, 0.2) is 11.6 Å². The molecule has 5 nitrogen and oxygen atoms in total. The summed E-state index contributed by atoms with van der Waals surface area (Å²) in [7, 11) is 0. The molecule has 0 bridgehead atoms. The average Bonchev–Trinajstić information content (AvgIpc) is 2.55. The minimum Gasteiger partial charge on any atom is -0.505 e. The van der Waals surface area contributed by atoms with E-state index in [1.807, 2.05) is 12.1 Å². The number of hydrogen-bond acceptors (Lipinski definition) is 5. The molecule has 0 saturated carbocycles. The Morgan fingerprint density at radius 1 is 0.909 bits per heavy atom. The molecule has 2 aromatic rings. The van der Waals surface area contributed by atoms with Crippen molar-refractivity contribution in [2.24, 2.45) is 0 Å². The topological polar surface area (TPSA) is 68.1 Å². The van der Waals surface area contributed by atoms with Crippen molar-refractivity contribution in [1.29, 1.82) is 0 Å². The van der Waals surface area contributed by atoms with Crippen molar-refractivity contribution in [2.45, 2.75) is 45.4 Å². The highest BCUT2D eigenvalue weighted by Crippen LogP contribution is 2.17. The third-order valence-electron chi connectivity index (χ3n) is 3.37. The standard InChI is InChI=1S/C17H23N3O2/c1-2-3-4-5-6-7-10-22-15-8-9-16(18-13-15)17-19-11-14(21)12-20-17/h8-9,11-13,21H,2-7,10H2,1H3. The first-order valence-electron chi connectivity index (χ1n) is 7.90. The average molecular weight is 301 g/mol. The maximum atomic E-state index is 9.17. The Morgan fingerprint density at radius 2 is 1.64 bits per heavy atom. The third-order valence-corrected chi connectivity index (χ3v) is 3.37. The molecule has 118 valence electrons. The summed E-state index contributed by atoms with van der Waals surface area (Å²) in [4.78, 5) is 12.3. The van der Waals surface area contributed by atoms with E-state index in [9.17, 15) is 5.11 Å². The van der Waals surface area contributed by atoms with Crippen LogP contribution < -0.4 is 4.74 Å². The molecule has 0 radical (unpaired) electrons. The Hall–Kier alpha value is -2.17. The molecule has 2 heterocycles. The molecule has 5 heteroatoms. The number of aromatic nitrogens is 3. The molecule has 0 aromatic carbocycles. The number of unbranched alkanes of at least 4 members (excludes halogenated alkanes) is 5. The lowest BCUT2D eigenvalue weighted by Gasteiger charge is -2.06. The number of rotatable bonds is 9. The van der Waals surface area contributed by atoms with Crippen LogP contribution in [0.4, 0.5) is 0 Å². The maximum absolute atomic E-state index is 9.17. The molecule has 0 amide bonds. The zero-order valence-corrected chi connectivity index (χ0v) is 13.0. The summed E-state index contributed by atoms with van der Waals surface area (Å²) < 4.78 is 5.68. The molecule has 1 N–H and O–H groups in total. The minimum absolute atomic E-state index is 0.0441. The van der Waals surface area contributed by atoms with Crippen LogP contribution in [0.5, 0.6) is 11.5 Å². The number of hydrogen-bond donors (Lipinski definition) is 1. The largest absolute Gasteiger partial charge is 0.505 e. The van der Waals surface area contributed by atoms with E-state index in [2.05, 4.69) is 21.9 Å². The number of pyridine rings is 1. The highest BCUT2D eigenvalue weighted by molar-refractivity contribution is 5.49. The highest BCUT2D eigenvalue weighted by atomic mass is 16.5. The monoisotopic (exact) mass is 301 g/mol. The van der Waals surface area contributed by atoms with Gasteiger partial charge in [0.2, 0.25) is 0 Å². The third kappa shape index (κ3) is 5.31. The van der Waals surface area contributed by atoms with Crippen molar-refractivity contribution in [3.05, 3.63) is 30.7 Å². The molecule has 2 aromatic heterocycles. The maximum Gasteiger partial charge on any atom is 0.178 e. The Labute approximate surface area is 131 Å². The number of nitrogens with zero attached hydrogens (tertiary/aromatic N) is 3. The van der Waals surface area contributed by atoms with Crippen LogP contribution in [-0.2, 0) is 0 Å². The summed E-state index contributed by atoms with van der Waals surface area (Å²) in [6.45, 7) is 2.95. The van der Waals surface area contributed by atoms with Crippen LogP contribution in [0.2, 0.25) is 0 Å². The molecular weight excluding hydrogens is 278 g/mol. The lowest BCUT2D eigenvalue weighted by molar-refractivity contribution is 0.303. The fourth-order valence-corrected chi connectivity index (χ4v) is 2.12. The zero-order chi connectivity index (χ0) is 15.6. The van der Waals surface area contributed by atoms with Gasteiger partial charge in [-0.05, 0) is 18.6 Å². The van der Waals surface area contributed by atoms with E-state index in [0.717, 1.165) is 18.8 Å². The molecule has 0 unspecified atom stereocenters. The van der Waals surface area contributed by atoms with Crippen LogP contribution in [0.3, 0.4) is 0 Å². The normalized spacial score (nSPS) is 10.6. The summed E-state index contributed by atoms with van der Waals surface area (Å²) in [5.41, 5.74) is 0.659. The lowest BCUT2D eigenvalue weighted by atomic mass is 10.1. The van der Waals surface area contributed by atoms with Crippen molar-refractivity contribution >= 4 is 0 Å². The van der Waals surface area contributed by atoms with Crippen molar-refractivity contribution in [2.75, 3.05) is 6.61 Å². The highest BCUT2D eigenvalue weighted by Gasteiger charge is 2.03. The smallest absolute Gasteiger partial charge is 0.178 e. The van der Waals surface area contributed by atoms with Crippen molar-refractivity contribution in [3.8, 4) is 23.0 Å². The Morgan fingerprint density at radius 3 is 2.32 bits per heavy atom. The van der Waals surface area contributed by atoms with Gasteiger partial charge in [-0.2, -0.15) is 0 Å². The van der Waals surface area contributed by atoms with E-state index in [0.29, 0.717) is 11.5 Å². The molecule has 0 aliphatic rings. The Kier molecular flexibility index (Phi) is 6.61. The first-order valence-corrected chi connectivity index (χ1v) is 7.90. The van der Waals surface area contributed by atoms with Crippen molar-refractivity contribution in [1.82, 2.24) is 15.0 Å². The molecule has 0 spiro atoms. The molecule has 0 aliphatic carbocycles. The predicted molar refractivity (Wildman–Crippen MR) is 85.8 cm³/mol. The van der Waals surface area contributed by atoms with Gasteiger partial charge in [-0.1, -0.05) is 39.0 Å². The SMILES string of the molecule is CCCCCCCCOc1ccc(-c2ncc(O)cn2)nc1. The molecule has 0 fully saturated rings. The predicted octanol–water partition coefficient (Wildman–Crippen LogP) is 3.98. The second-order valence-corrected chi connectivity index (χ2v) is 5.26. The van der Waals surface area contributed by atoms with Gasteiger partial charge in [0.05, 0.1) is 25.2 Å². The molecule has 0 saturated heterocycles. The van der Waals surface area contributed by atoms with Gasteiger partial charge in [0, 0.05) is 0 Å². The summed E-state index contributed by atoms with van der Waals surface area (Å²) >= 11 is 0. The fourth-order valence-electron chi connectivity index (χ4n) is 2.12. The summed E-state index contributed by atoms with van der Waals surface area (Å²) in [6, 6.07) is 3.69. The van der Waals surface area contributed by atoms with Gasteiger partial charge in [0.1, 0.15) is 11.4 Å². The summed E-state index contributed by atoms with van der Waals surface area (Å²) in [5.74, 6) is 1.29. The van der Waals surface area contributed by atoms with E-state index < -0.39 is 0 Å². The lowest BCUT2D eigenvalue weighted by Crippen LogP contribution is -1.98. The van der Waals surface area contributed by atoms with Gasteiger partial charge in [-0.15, -0.1) is 0 Å². The molecule has 0 atom stereocenters. The first kappa shape index (κ1) is 16.2. The molecular formula is C17H23N3O2. The van der Waals surface area contributed by atoms with Crippen LogP contribution >= 0.6 is 0 Å². The molecule has 0 aliphatic heterocycles. The minimum atomic E-state index is 0.0441. The fraction of sp³-hybridized carbons (Fsp3) is 0.471. The summed E-state index contributed by atoms with van der Waals surface area (Å²) in [5, 5.41) is 9.17. The zero-order valence-electron chi connectivity index (χ0n) is 13.0. The van der Waals surface area contributed by atoms with Crippen molar-refractivity contribution < 1.29 is 9.84 Å². The van der Waals surface area contributed by atoms with Crippen LogP contribution in [0.1, 0.15) is 45.4 Å². The van der Waals surface area contributed by atoms with Gasteiger partial charge >= 0.3 is 0 Å². The van der Waals surface area contributed by atoms with Crippen LogP contribution in [0.15, 0.2) is 30.7 Å². The van der Waals surface area contributed by atoms with Crippen LogP contribution in [0.25, 0.3) is 11.5 Å². The van der Waals surface area contributed by atoms with Crippen LogP contribution in [0, 0.1) is 0 Å². The van der Waals surface area contributed by atoms with Gasteiger partial charge in [0.25, 0.3) is 0 Å². The second-order valence-electron chi connectivity index (χ2n) is 5.26. The van der Waals surface area contributed by atoms with E-state index in [-0.39, 0.29) is 5.75 Å². The number of ether oxygens (including phenoxy) is 1. The quantitative estimate of drug-likeness (QED) is 0.709. The Balaban J connectivity index is 1.74. The molecule has 22 heavy (non-hydrogen) atoms. The van der Waals surface area contributed by atoms with Gasteiger partial charge < -0.3 is 9.84 Å². The van der Waals surface area contributed by atoms with E-state index >= 15 is 0 Å². The second kappa shape index (κ2) is 8.97. The van der Waals surface area contributed by atoms with E-state index in [1.165, 1.54) is 44.5 Å². The number of aromatic hydroxyl groups is 1. The Bertz CT molecular complexity index is 541. The summed E-state index contributed by atoms with van der Waals surface area (Å²) in [6.07, 6.45) is 11.9.